The van der Waals surface area contributed by atoms with Crippen LogP contribution in [0.15, 0.2) is 18.3 Å². The zero-order valence-corrected chi connectivity index (χ0v) is 9.24. The molecule has 15 heavy (non-hydrogen) atoms. The van der Waals surface area contributed by atoms with E-state index in [4.69, 9.17) is 5.73 Å². The van der Waals surface area contributed by atoms with Gasteiger partial charge in [0.1, 0.15) is 5.82 Å². The lowest BCUT2D eigenvalue weighted by atomic mass is 10.4. The van der Waals surface area contributed by atoms with Crippen LogP contribution in [0.3, 0.4) is 0 Å². The second kappa shape index (κ2) is 3.37. The summed E-state index contributed by atoms with van der Waals surface area (Å²) in [5, 5.41) is 0. The van der Waals surface area contributed by atoms with Crippen LogP contribution in [-0.2, 0) is 10.0 Å². The average molecular weight is 227 g/mol. The number of anilines is 2. The van der Waals surface area contributed by atoms with E-state index in [1.54, 1.807) is 12.1 Å². The second-order valence-corrected chi connectivity index (χ2v) is 5.60. The predicted molar refractivity (Wildman–Crippen MR) is 59.0 cm³/mol. The quantitative estimate of drug-likeness (QED) is 0.820. The molecule has 0 unspecified atom stereocenters. The summed E-state index contributed by atoms with van der Waals surface area (Å²) in [6, 6.07) is 3.37. The van der Waals surface area contributed by atoms with Gasteiger partial charge in [-0.15, -0.1) is 0 Å². The molecule has 2 N–H and O–H groups in total. The number of nitrogens with zero attached hydrogens (tertiary/aromatic N) is 2. The third-order valence-electron chi connectivity index (χ3n) is 2.23. The maximum Gasteiger partial charge on any atom is 0.233 e. The Kier molecular flexibility index (Phi) is 2.30. The van der Waals surface area contributed by atoms with E-state index < -0.39 is 10.0 Å². The lowest BCUT2D eigenvalue weighted by Gasteiger charge is -2.20. The third kappa shape index (κ3) is 2.20. The van der Waals surface area contributed by atoms with Gasteiger partial charge in [-0.25, -0.2) is 13.4 Å². The van der Waals surface area contributed by atoms with Gasteiger partial charge in [0.25, 0.3) is 0 Å². The molecule has 1 heterocycles. The van der Waals surface area contributed by atoms with Gasteiger partial charge in [-0.05, 0) is 25.0 Å². The van der Waals surface area contributed by atoms with E-state index >= 15 is 0 Å². The summed E-state index contributed by atoms with van der Waals surface area (Å²) in [7, 11) is -3.24. The molecule has 0 bridgehead atoms. The highest BCUT2D eigenvalue weighted by Gasteiger charge is 2.35. The minimum absolute atomic E-state index is 0.0797. The summed E-state index contributed by atoms with van der Waals surface area (Å²) < 4.78 is 24.5. The normalized spacial score (nSPS) is 16.3. The summed E-state index contributed by atoms with van der Waals surface area (Å²) >= 11 is 0. The van der Waals surface area contributed by atoms with Crippen molar-refractivity contribution < 1.29 is 8.42 Å². The van der Waals surface area contributed by atoms with Crippen LogP contribution in [0.4, 0.5) is 11.5 Å². The molecule has 0 amide bonds. The summed E-state index contributed by atoms with van der Waals surface area (Å²) in [5.41, 5.74) is 6.03. The van der Waals surface area contributed by atoms with Crippen molar-refractivity contribution in [3.8, 4) is 0 Å². The molecule has 1 fully saturated rings. The van der Waals surface area contributed by atoms with Gasteiger partial charge >= 0.3 is 0 Å². The smallest absolute Gasteiger partial charge is 0.233 e. The van der Waals surface area contributed by atoms with Crippen LogP contribution >= 0.6 is 0 Å². The van der Waals surface area contributed by atoms with Gasteiger partial charge in [0.05, 0.1) is 18.1 Å². The summed E-state index contributed by atoms with van der Waals surface area (Å²) in [4.78, 5) is 4.03. The van der Waals surface area contributed by atoms with Crippen molar-refractivity contribution in [2.45, 2.75) is 18.9 Å². The number of hydrogen-bond acceptors (Lipinski definition) is 4. The van der Waals surface area contributed by atoms with Crippen molar-refractivity contribution in [1.82, 2.24) is 4.98 Å². The number of nitrogens with two attached hydrogens (primary N) is 1. The maximum absolute atomic E-state index is 11.6. The number of hydrogen-bond donors (Lipinski definition) is 1. The average Bonchev–Trinajstić information content (AvgIpc) is 2.90. The molecule has 1 aliphatic carbocycles. The molecule has 0 atom stereocenters. The number of sulfonamides is 1. The molecule has 0 spiro atoms. The van der Waals surface area contributed by atoms with Crippen molar-refractivity contribution in [3.05, 3.63) is 18.3 Å². The number of pyridine rings is 1. The zero-order chi connectivity index (χ0) is 11.1. The molecule has 82 valence electrons. The van der Waals surface area contributed by atoms with Gasteiger partial charge in [-0.1, -0.05) is 0 Å². The van der Waals surface area contributed by atoms with Crippen LogP contribution in [0.25, 0.3) is 0 Å². The highest BCUT2D eigenvalue weighted by Crippen LogP contribution is 2.32. The summed E-state index contributed by atoms with van der Waals surface area (Å²) in [6.45, 7) is 0. The summed E-state index contributed by atoms with van der Waals surface area (Å²) in [6.07, 6.45) is 4.47. The molecule has 5 nitrogen and oxygen atoms in total. The third-order valence-corrected chi connectivity index (χ3v) is 3.43. The molecule has 1 saturated carbocycles. The van der Waals surface area contributed by atoms with E-state index in [2.05, 4.69) is 4.98 Å². The maximum atomic E-state index is 11.6. The van der Waals surface area contributed by atoms with Gasteiger partial charge in [-0.3, -0.25) is 4.31 Å². The van der Waals surface area contributed by atoms with E-state index in [9.17, 15) is 8.42 Å². The van der Waals surface area contributed by atoms with Crippen LogP contribution in [0, 0.1) is 0 Å². The standard InChI is InChI=1S/C9H13N3O2S/c1-15(13,14)12(8-3-4-8)9-5-2-7(10)6-11-9/h2,5-6,8H,3-4,10H2,1H3. The Bertz CT molecular complexity index is 451. The van der Waals surface area contributed by atoms with Crippen molar-refractivity contribution in [2.24, 2.45) is 0 Å². The van der Waals surface area contributed by atoms with Gasteiger partial charge in [0.2, 0.25) is 10.0 Å². The topological polar surface area (TPSA) is 76.3 Å². The Morgan fingerprint density at radius 2 is 2.13 bits per heavy atom. The first-order valence-corrected chi connectivity index (χ1v) is 6.54. The van der Waals surface area contributed by atoms with Crippen molar-refractivity contribution in [2.75, 3.05) is 16.3 Å². The Hall–Kier alpha value is -1.30. The van der Waals surface area contributed by atoms with Crippen LogP contribution < -0.4 is 10.0 Å². The van der Waals surface area contributed by atoms with E-state index in [0.29, 0.717) is 11.5 Å². The molecule has 0 saturated heterocycles. The van der Waals surface area contributed by atoms with Crippen LogP contribution in [0.2, 0.25) is 0 Å². The van der Waals surface area contributed by atoms with E-state index in [1.165, 1.54) is 16.8 Å². The SMILES string of the molecule is CS(=O)(=O)N(c1ccc(N)cn1)C1CC1. The molecule has 0 aromatic carbocycles. The first-order valence-electron chi connectivity index (χ1n) is 4.69. The monoisotopic (exact) mass is 227 g/mol. The molecule has 6 heteroatoms. The molecule has 1 aliphatic rings. The van der Waals surface area contributed by atoms with Crippen molar-refractivity contribution in [3.63, 3.8) is 0 Å². The lowest BCUT2D eigenvalue weighted by Crippen LogP contribution is -2.32. The van der Waals surface area contributed by atoms with Gasteiger partial charge < -0.3 is 5.73 Å². The number of nitrogen functional groups attached to an aromatic ring is 1. The molecule has 1 aromatic rings. The van der Waals surface area contributed by atoms with Gasteiger partial charge in [0, 0.05) is 6.04 Å². The Labute approximate surface area is 89.0 Å². The van der Waals surface area contributed by atoms with Crippen molar-refractivity contribution in [1.29, 1.82) is 0 Å². The molecule has 0 radical (unpaired) electrons. The Morgan fingerprint density at radius 3 is 2.53 bits per heavy atom. The molecular formula is C9H13N3O2S. The minimum atomic E-state index is -3.24. The fourth-order valence-corrected chi connectivity index (χ4v) is 2.66. The highest BCUT2D eigenvalue weighted by atomic mass is 32.2. The Balaban J connectivity index is 2.37. The largest absolute Gasteiger partial charge is 0.397 e. The minimum Gasteiger partial charge on any atom is -0.397 e. The molecule has 0 aliphatic heterocycles. The number of aromatic nitrogens is 1. The zero-order valence-electron chi connectivity index (χ0n) is 8.42. The first kappa shape index (κ1) is 10.2. The van der Waals surface area contributed by atoms with Crippen molar-refractivity contribution >= 4 is 21.5 Å². The highest BCUT2D eigenvalue weighted by molar-refractivity contribution is 7.92. The van der Waals surface area contributed by atoms with Crippen LogP contribution in [-0.4, -0.2) is 25.7 Å². The Morgan fingerprint density at radius 1 is 1.47 bits per heavy atom. The van der Waals surface area contributed by atoms with E-state index in [-0.39, 0.29) is 6.04 Å². The number of rotatable bonds is 3. The second-order valence-electron chi connectivity index (χ2n) is 3.74. The van der Waals surface area contributed by atoms with E-state index in [1.807, 2.05) is 0 Å². The van der Waals surface area contributed by atoms with Crippen LogP contribution in [0.1, 0.15) is 12.8 Å². The molecular weight excluding hydrogens is 214 g/mol. The first-order chi connectivity index (χ1) is 6.98. The van der Waals surface area contributed by atoms with Crippen LogP contribution in [0.5, 0.6) is 0 Å². The fourth-order valence-electron chi connectivity index (χ4n) is 1.46. The fraction of sp³-hybridized carbons (Fsp3) is 0.444. The summed E-state index contributed by atoms with van der Waals surface area (Å²) in [5.74, 6) is 0.453. The molecule has 1 aromatic heterocycles. The van der Waals surface area contributed by atoms with Gasteiger partial charge in [0.15, 0.2) is 0 Å². The predicted octanol–water partition coefficient (Wildman–Crippen LogP) is 0.592. The van der Waals surface area contributed by atoms with Gasteiger partial charge in [-0.2, -0.15) is 0 Å². The lowest BCUT2D eigenvalue weighted by molar-refractivity contribution is 0.595. The molecule has 2 rings (SSSR count). The van der Waals surface area contributed by atoms with E-state index in [0.717, 1.165) is 12.8 Å².